The Morgan fingerprint density at radius 3 is 2.67 bits per heavy atom. The van der Waals surface area contributed by atoms with Crippen LogP contribution in [-0.4, -0.2) is 44.6 Å². The van der Waals surface area contributed by atoms with E-state index < -0.39 is 6.10 Å². The Bertz CT molecular complexity index is 872. The molecule has 2 heterocycles. The molecule has 144 valence electrons. The number of methoxy groups -OCH3 is 2. The lowest BCUT2D eigenvalue weighted by atomic mass is 9.86. The second-order valence-electron chi connectivity index (χ2n) is 6.73. The average Bonchev–Trinajstić information content (AvgIpc) is 3.16. The van der Waals surface area contributed by atoms with E-state index >= 15 is 0 Å². The van der Waals surface area contributed by atoms with Gasteiger partial charge in [-0.25, -0.2) is 0 Å². The Hall–Kier alpha value is -1.96. The molecule has 1 N–H and O–H groups in total. The van der Waals surface area contributed by atoms with Crippen molar-refractivity contribution in [2.24, 2.45) is 0 Å². The van der Waals surface area contributed by atoms with Crippen molar-refractivity contribution in [1.82, 2.24) is 4.90 Å². The highest BCUT2D eigenvalue weighted by Gasteiger charge is 2.35. The number of hydrogen-bond donors (Lipinski definition) is 1. The molecule has 0 bridgehead atoms. The summed E-state index contributed by atoms with van der Waals surface area (Å²) in [6.07, 6.45) is 0.133. The lowest BCUT2D eigenvalue weighted by Gasteiger charge is -2.38. The predicted octanol–water partition coefficient (Wildman–Crippen LogP) is 3.46. The Balaban J connectivity index is 1.78. The molecule has 7 heteroatoms. The molecular weight excluding hydrogens is 414 g/mol. The van der Waals surface area contributed by atoms with Gasteiger partial charge in [-0.15, -0.1) is 0 Å². The lowest BCUT2D eigenvalue weighted by Crippen LogP contribution is -2.36. The maximum atomic E-state index is 11.3. The van der Waals surface area contributed by atoms with Gasteiger partial charge in [-0.3, -0.25) is 4.90 Å². The van der Waals surface area contributed by atoms with Crippen molar-refractivity contribution in [3.8, 4) is 23.0 Å². The highest BCUT2D eigenvalue weighted by atomic mass is 79.9. The van der Waals surface area contributed by atoms with Crippen LogP contribution in [0.3, 0.4) is 0 Å². The van der Waals surface area contributed by atoms with Crippen LogP contribution in [0.2, 0.25) is 0 Å². The molecule has 2 aliphatic rings. The summed E-state index contributed by atoms with van der Waals surface area (Å²) in [5, 5.41) is 11.3. The quantitative estimate of drug-likeness (QED) is 0.793. The molecule has 6 nitrogen and oxygen atoms in total. The molecule has 27 heavy (non-hydrogen) atoms. The van der Waals surface area contributed by atoms with Crippen molar-refractivity contribution < 1.29 is 24.1 Å². The second kappa shape index (κ2) is 7.22. The summed E-state index contributed by atoms with van der Waals surface area (Å²) in [6.45, 7) is 1.03. The number of nitrogens with zero attached hydrogens (tertiary/aromatic N) is 1. The number of aliphatic hydroxyl groups excluding tert-OH is 1. The summed E-state index contributed by atoms with van der Waals surface area (Å²) in [4.78, 5) is 2.16. The molecule has 0 aliphatic carbocycles. The zero-order valence-electron chi connectivity index (χ0n) is 15.5. The van der Waals surface area contributed by atoms with Crippen LogP contribution in [0.15, 0.2) is 28.7 Å². The van der Waals surface area contributed by atoms with Gasteiger partial charge in [0.25, 0.3) is 0 Å². The van der Waals surface area contributed by atoms with E-state index in [1.54, 1.807) is 14.2 Å². The van der Waals surface area contributed by atoms with Gasteiger partial charge in [0, 0.05) is 12.1 Å². The number of aliphatic hydroxyl groups is 1. The molecule has 0 saturated heterocycles. The number of benzene rings is 2. The van der Waals surface area contributed by atoms with Crippen molar-refractivity contribution in [2.75, 3.05) is 34.6 Å². The molecule has 0 unspecified atom stereocenters. The zero-order valence-corrected chi connectivity index (χ0v) is 17.1. The third-order valence-corrected chi connectivity index (χ3v) is 6.12. The molecule has 2 atom stereocenters. The van der Waals surface area contributed by atoms with E-state index in [0.29, 0.717) is 23.0 Å². The molecule has 4 rings (SSSR count). The van der Waals surface area contributed by atoms with Crippen molar-refractivity contribution >= 4 is 15.9 Å². The van der Waals surface area contributed by atoms with Gasteiger partial charge in [0.05, 0.1) is 30.8 Å². The van der Waals surface area contributed by atoms with E-state index in [9.17, 15) is 5.11 Å². The average molecular weight is 436 g/mol. The molecule has 0 aromatic heterocycles. The Labute approximate surface area is 166 Å². The molecule has 2 aliphatic heterocycles. The van der Waals surface area contributed by atoms with E-state index in [0.717, 1.165) is 34.1 Å². The minimum absolute atomic E-state index is 0.191. The smallest absolute Gasteiger partial charge is 0.231 e. The maximum absolute atomic E-state index is 11.3. The summed E-state index contributed by atoms with van der Waals surface area (Å²) in [6, 6.07) is 7.48. The molecule has 0 amide bonds. The number of rotatable bonds is 4. The van der Waals surface area contributed by atoms with Crippen LogP contribution >= 0.6 is 15.9 Å². The van der Waals surface area contributed by atoms with E-state index in [1.807, 2.05) is 31.3 Å². The highest BCUT2D eigenvalue weighted by molar-refractivity contribution is 9.10. The SMILES string of the molecule is COc1cc2c(cc1OC)[C@H]([C@@H](O)c1ccc3c(c1Br)OCO3)N(C)CC2. The van der Waals surface area contributed by atoms with E-state index in [2.05, 4.69) is 20.8 Å². The lowest BCUT2D eigenvalue weighted by molar-refractivity contribution is 0.0551. The largest absolute Gasteiger partial charge is 0.493 e. The van der Waals surface area contributed by atoms with Gasteiger partial charge in [-0.2, -0.15) is 0 Å². The first-order valence-corrected chi connectivity index (χ1v) is 9.55. The van der Waals surface area contributed by atoms with E-state index in [-0.39, 0.29) is 12.8 Å². The fourth-order valence-electron chi connectivity index (χ4n) is 3.87. The monoisotopic (exact) mass is 435 g/mol. The minimum atomic E-state index is -0.754. The summed E-state index contributed by atoms with van der Waals surface area (Å²) in [7, 11) is 5.28. The van der Waals surface area contributed by atoms with E-state index in [4.69, 9.17) is 18.9 Å². The number of hydrogen-bond acceptors (Lipinski definition) is 6. The van der Waals surface area contributed by atoms with Crippen LogP contribution in [0.5, 0.6) is 23.0 Å². The number of likely N-dealkylation sites (N-methyl/N-ethyl adjacent to an activating group) is 1. The fraction of sp³-hybridized carbons (Fsp3) is 0.400. The van der Waals surface area contributed by atoms with Crippen LogP contribution in [0.4, 0.5) is 0 Å². The van der Waals surface area contributed by atoms with Gasteiger partial charge in [0.15, 0.2) is 23.0 Å². The third kappa shape index (κ3) is 3.03. The predicted molar refractivity (Wildman–Crippen MR) is 104 cm³/mol. The first kappa shape index (κ1) is 18.4. The van der Waals surface area contributed by atoms with Crippen molar-refractivity contribution in [2.45, 2.75) is 18.6 Å². The fourth-order valence-corrected chi connectivity index (χ4v) is 4.54. The summed E-state index contributed by atoms with van der Waals surface area (Å²) in [5.41, 5.74) is 2.96. The maximum Gasteiger partial charge on any atom is 0.231 e. The summed E-state index contributed by atoms with van der Waals surface area (Å²) < 4.78 is 22.6. The van der Waals surface area contributed by atoms with Crippen LogP contribution in [-0.2, 0) is 6.42 Å². The Morgan fingerprint density at radius 1 is 1.19 bits per heavy atom. The van der Waals surface area contributed by atoms with Gasteiger partial charge in [-0.1, -0.05) is 6.07 Å². The minimum Gasteiger partial charge on any atom is -0.493 e. The molecule has 2 aromatic carbocycles. The van der Waals surface area contributed by atoms with Gasteiger partial charge in [-0.05, 0) is 58.7 Å². The third-order valence-electron chi connectivity index (χ3n) is 5.30. The highest BCUT2D eigenvalue weighted by Crippen LogP contribution is 2.48. The van der Waals surface area contributed by atoms with Crippen LogP contribution in [0.25, 0.3) is 0 Å². The van der Waals surface area contributed by atoms with Crippen LogP contribution in [0.1, 0.15) is 28.8 Å². The first-order chi connectivity index (χ1) is 13.0. The number of halogens is 1. The number of fused-ring (bicyclic) bond motifs is 2. The van der Waals surface area contributed by atoms with E-state index in [1.165, 1.54) is 0 Å². The van der Waals surface area contributed by atoms with Crippen LogP contribution in [0, 0.1) is 0 Å². The van der Waals surface area contributed by atoms with Crippen molar-refractivity contribution in [3.63, 3.8) is 0 Å². The van der Waals surface area contributed by atoms with Gasteiger partial charge >= 0.3 is 0 Å². The molecule has 0 radical (unpaired) electrons. The molecule has 0 fully saturated rings. The molecular formula is C20H22BrNO5. The zero-order chi connectivity index (χ0) is 19.1. The van der Waals surface area contributed by atoms with Gasteiger partial charge in [0.2, 0.25) is 6.79 Å². The Morgan fingerprint density at radius 2 is 1.93 bits per heavy atom. The normalized spacial score (nSPS) is 19.5. The first-order valence-electron chi connectivity index (χ1n) is 8.76. The van der Waals surface area contributed by atoms with Crippen LogP contribution < -0.4 is 18.9 Å². The van der Waals surface area contributed by atoms with Crippen molar-refractivity contribution in [1.29, 1.82) is 0 Å². The standard InChI is InChI=1S/C20H22BrNO5/c1-22-7-6-11-8-15(24-2)16(25-3)9-13(11)18(22)19(23)12-4-5-14-20(17(12)21)27-10-26-14/h4-5,8-9,18-19,23H,6-7,10H2,1-3H3/t18-,19+/m1/s1. The topological polar surface area (TPSA) is 60.4 Å². The summed E-state index contributed by atoms with van der Waals surface area (Å²) in [5.74, 6) is 2.69. The van der Waals surface area contributed by atoms with Gasteiger partial charge < -0.3 is 24.1 Å². The molecule has 0 spiro atoms. The summed E-state index contributed by atoms with van der Waals surface area (Å²) >= 11 is 3.58. The number of ether oxygens (including phenoxy) is 4. The van der Waals surface area contributed by atoms with Crippen molar-refractivity contribution in [3.05, 3.63) is 45.4 Å². The Kier molecular flexibility index (Phi) is 4.92. The molecule has 2 aromatic rings. The van der Waals surface area contributed by atoms with Gasteiger partial charge in [0.1, 0.15) is 0 Å². The molecule has 0 saturated carbocycles. The second-order valence-corrected chi connectivity index (χ2v) is 7.52.